The zero-order valence-corrected chi connectivity index (χ0v) is 34.7. The molecule has 2 rings (SSSR count). The maximum Gasteiger partial charge on any atom is 0.308 e. The van der Waals surface area contributed by atoms with Crippen LogP contribution in [0.15, 0.2) is 0 Å². The van der Waals surface area contributed by atoms with Crippen LogP contribution in [0.2, 0.25) is 0 Å². The average molecular weight is 734 g/mol. The first kappa shape index (κ1) is 47.0. The summed E-state index contributed by atoms with van der Waals surface area (Å²) in [7, 11) is 0. The molecule has 2 atom stereocenters. The maximum absolute atomic E-state index is 13.0. The predicted molar refractivity (Wildman–Crippen MR) is 218 cm³/mol. The van der Waals surface area contributed by atoms with Crippen molar-refractivity contribution in [3.05, 3.63) is 0 Å². The van der Waals surface area contributed by atoms with Gasteiger partial charge in [0.25, 0.3) is 0 Å². The summed E-state index contributed by atoms with van der Waals surface area (Å²) < 4.78 is 11.7. The number of hydrogen-bond donors (Lipinski definition) is 1. The van der Waals surface area contributed by atoms with E-state index in [1.807, 2.05) is 0 Å². The van der Waals surface area contributed by atoms with E-state index in [9.17, 15) is 14.7 Å². The molecule has 0 radical (unpaired) electrons. The number of nitrogens with zero attached hydrogens (tertiary/aromatic N) is 1. The molecule has 2 unspecified atom stereocenters. The second-order valence-corrected chi connectivity index (χ2v) is 17.0. The minimum absolute atomic E-state index is 0.0744. The molecule has 0 spiro atoms. The third-order valence-electron chi connectivity index (χ3n) is 12.3. The number of aliphatic hydroxyl groups excluding tert-OH is 1. The molecule has 0 bridgehead atoms. The van der Waals surface area contributed by atoms with Crippen molar-refractivity contribution in [2.45, 2.75) is 219 Å². The Balaban J connectivity index is 1.55. The fraction of sp³-hybridized carbons (Fsp3) is 0.957. The van der Waals surface area contributed by atoms with Gasteiger partial charge in [0.2, 0.25) is 0 Å². The summed E-state index contributed by atoms with van der Waals surface area (Å²) in [5.41, 5.74) is 0. The Kier molecular flexibility index (Phi) is 30.0. The molecule has 1 N–H and O–H groups in total. The standard InChI is InChI=1S/C46H87NO5/c1-3-5-7-9-11-17-31-43(39-41-27-25-28-41)45(49)51-37-23-15-13-19-33-47(35-21-22-36-48)34-20-14-16-24-38-52-46(50)44(40-42-29-26-30-42)32-18-12-10-8-6-4-2/h41-44,48H,3-40H2,1-2H3. The van der Waals surface area contributed by atoms with E-state index in [4.69, 9.17) is 9.47 Å². The number of hydrogen-bond acceptors (Lipinski definition) is 6. The van der Waals surface area contributed by atoms with Crippen LogP contribution in [0.3, 0.4) is 0 Å². The van der Waals surface area contributed by atoms with E-state index in [0.29, 0.717) is 13.2 Å². The molecular weight excluding hydrogens is 647 g/mol. The first-order chi connectivity index (χ1) is 25.6. The van der Waals surface area contributed by atoms with E-state index in [-0.39, 0.29) is 30.4 Å². The van der Waals surface area contributed by atoms with Crippen molar-refractivity contribution < 1.29 is 24.2 Å². The summed E-state index contributed by atoms with van der Waals surface area (Å²) in [4.78, 5) is 28.5. The number of rotatable bonds is 38. The highest BCUT2D eigenvalue weighted by Crippen LogP contribution is 2.35. The van der Waals surface area contributed by atoms with Crippen LogP contribution >= 0.6 is 0 Å². The van der Waals surface area contributed by atoms with E-state index in [2.05, 4.69) is 18.7 Å². The molecule has 2 saturated carbocycles. The lowest BCUT2D eigenvalue weighted by Crippen LogP contribution is -2.27. The highest BCUT2D eigenvalue weighted by atomic mass is 16.5. The van der Waals surface area contributed by atoms with Crippen LogP contribution in [0.5, 0.6) is 0 Å². The largest absolute Gasteiger partial charge is 0.465 e. The zero-order chi connectivity index (χ0) is 37.3. The number of carbonyl (C=O) groups excluding carboxylic acids is 2. The van der Waals surface area contributed by atoms with Crippen LogP contribution in [-0.4, -0.2) is 61.4 Å². The maximum atomic E-state index is 13.0. The fourth-order valence-corrected chi connectivity index (χ4v) is 8.21. The van der Waals surface area contributed by atoms with Gasteiger partial charge in [-0.2, -0.15) is 0 Å². The Morgan fingerprint density at radius 3 is 1.27 bits per heavy atom. The molecule has 0 aromatic carbocycles. The van der Waals surface area contributed by atoms with Gasteiger partial charge < -0.3 is 19.5 Å². The van der Waals surface area contributed by atoms with Gasteiger partial charge in [0, 0.05) is 6.61 Å². The lowest BCUT2D eigenvalue weighted by Gasteiger charge is -2.29. The second kappa shape index (κ2) is 33.2. The van der Waals surface area contributed by atoms with Crippen LogP contribution < -0.4 is 0 Å². The van der Waals surface area contributed by atoms with Crippen LogP contribution in [0, 0.1) is 23.7 Å². The van der Waals surface area contributed by atoms with Crippen LogP contribution in [0.4, 0.5) is 0 Å². The van der Waals surface area contributed by atoms with Gasteiger partial charge in [0.1, 0.15) is 0 Å². The molecule has 306 valence electrons. The lowest BCUT2D eigenvalue weighted by atomic mass is 9.78. The minimum atomic E-state index is 0.0744. The SMILES string of the molecule is CCCCCCCCC(CC1CCC1)C(=O)OCCCCCCN(CCCCO)CCCCCCOC(=O)C(CCCCCCCC)CC1CCC1. The lowest BCUT2D eigenvalue weighted by molar-refractivity contribution is -0.150. The van der Waals surface area contributed by atoms with E-state index >= 15 is 0 Å². The van der Waals surface area contributed by atoms with Gasteiger partial charge in [-0.25, -0.2) is 0 Å². The molecule has 0 aliphatic heterocycles. The molecule has 0 heterocycles. The van der Waals surface area contributed by atoms with Crippen LogP contribution in [-0.2, 0) is 19.1 Å². The molecule has 6 nitrogen and oxygen atoms in total. The summed E-state index contributed by atoms with van der Waals surface area (Å²) in [5.74, 6) is 1.89. The monoisotopic (exact) mass is 734 g/mol. The summed E-state index contributed by atoms with van der Waals surface area (Å²) in [5, 5.41) is 9.31. The van der Waals surface area contributed by atoms with Crippen molar-refractivity contribution in [2.24, 2.45) is 23.7 Å². The Morgan fingerprint density at radius 1 is 0.519 bits per heavy atom. The highest BCUT2D eigenvalue weighted by Gasteiger charge is 2.28. The van der Waals surface area contributed by atoms with Gasteiger partial charge in [0.15, 0.2) is 0 Å². The first-order valence-corrected chi connectivity index (χ1v) is 23.2. The summed E-state index contributed by atoms with van der Waals surface area (Å²) >= 11 is 0. The number of aliphatic hydroxyl groups is 1. The van der Waals surface area contributed by atoms with Gasteiger partial charge >= 0.3 is 11.9 Å². The van der Waals surface area contributed by atoms with Crippen molar-refractivity contribution in [3.8, 4) is 0 Å². The third-order valence-corrected chi connectivity index (χ3v) is 12.3. The fourth-order valence-electron chi connectivity index (χ4n) is 8.21. The van der Waals surface area contributed by atoms with E-state index in [0.717, 1.165) is 95.7 Å². The van der Waals surface area contributed by atoms with Gasteiger partial charge in [-0.05, 0) is 95.7 Å². The Morgan fingerprint density at radius 2 is 0.885 bits per heavy atom. The quantitative estimate of drug-likeness (QED) is 0.0503. The summed E-state index contributed by atoms with van der Waals surface area (Å²) in [6.07, 6.45) is 38.1. The molecule has 2 aliphatic rings. The molecule has 0 aromatic heterocycles. The van der Waals surface area contributed by atoms with Gasteiger partial charge in [0.05, 0.1) is 25.0 Å². The van der Waals surface area contributed by atoms with Crippen LogP contribution in [0.1, 0.15) is 219 Å². The normalized spacial score (nSPS) is 16.1. The number of carbonyl (C=O) groups is 2. The zero-order valence-electron chi connectivity index (χ0n) is 34.7. The Hall–Kier alpha value is -1.14. The van der Waals surface area contributed by atoms with E-state index < -0.39 is 0 Å². The smallest absolute Gasteiger partial charge is 0.308 e. The van der Waals surface area contributed by atoms with Gasteiger partial charge in [-0.15, -0.1) is 0 Å². The molecule has 52 heavy (non-hydrogen) atoms. The number of esters is 2. The minimum Gasteiger partial charge on any atom is -0.465 e. The van der Waals surface area contributed by atoms with E-state index in [1.165, 1.54) is 141 Å². The predicted octanol–water partition coefficient (Wildman–Crippen LogP) is 12.4. The molecule has 0 saturated heterocycles. The van der Waals surface area contributed by atoms with Crippen molar-refractivity contribution in [1.82, 2.24) is 4.90 Å². The highest BCUT2D eigenvalue weighted by molar-refractivity contribution is 5.72. The topological polar surface area (TPSA) is 76.1 Å². The Bertz CT molecular complexity index is 766. The van der Waals surface area contributed by atoms with Crippen molar-refractivity contribution in [2.75, 3.05) is 39.5 Å². The van der Waals surface area contributed by atoms with Gasteiger partial charge in [-0.1, -0.05) is 155 Å². The molecule has 6 heteroatoms. The number of ether oxygens (including phenoxy) is 2. The molecular formula is C46H87NO5. The molecule has 0 aromatic rings. The van der Waals surface area contributed by atoms with Crippen molar-refractivity contribution >= 4 is 11.9 Å². The van der Waals surface area contributed by atoms with E-state index in [1.54, 1.807) is 0 Å². The molecule has 0 amide bonds. The third kappa shape index (κ3) is 24.3. The summed E-state index contributed by atoms with van der Waals surface area (Å²) in [6, 6.07) is 0. The van der Waals surface area contributed by atoms with Gasteiger partial charge in [-0.3, -0.25) is 9.59 Å². The molecule has 2 aliphatic carbocycles. The average Bonchev–Trinajstić information content (AvgIpc) is 3.10. The number of unbranched alkanes of at least 4 members (excludes halogenated alkanes) is 17. The van der Waals surface area contributed by atoms with Crippen molar-refractivity contribution in [1.29, 1.82) is 0 Å². The van der Waals surface area contributed by atoms with Crippen molar-refractivity contribution in [3.63, 3.8) is 0 Å². The molecule has 2 fully saturated rings. The second-order valence-electron chi connectivity index (χ2n) is 17.0. The van der Waals surface area contributed by atoms with Crippen LogP contribution in [0.25, 0.3) is 0 Å². The Labute approximate surface area is 322 Å². The summed E-state index contributed by atoms with van der Waals surface area (Å²) in [6.45, 7) is 9.20. The first-order valence-electron chi connectivity index (χ1n) is 23.2.